The molecule has 34 heavy (non-hydrogen) atoms. The van der Waals surface area contributed by atoms with Crippen LogP contribution in [0, 0.1) is 0 Å². The van der Waals surface area contributed by atoms with Crippen molar-refractivity contribution in [3.05, 3.63) is 36.2 Å². The van der Waals surface area contributed by atoms with Crippen LogP contribution in [0.5, 0.6) is 5.75 Å². The first-order chi connectivity index (χ1) is 16.5. The minimum absolute atomic E-state index is 0.176. The summed E-state index contributed by atoms with van der Waals surface area (Å²) < 4.78 is 5.88. The first-order valence-electron chi connectivity index (χ1n) is 11.9. The van der Waals surface area contributed by atoms with Crippen LogP contribution in [0.25, 0.3) is 0 Å². The van der Waals surface area contributed by atoms with Gasteiger partial charge in [-0.15, -0.1) is 0 Å². The van der Waals surface area contributed by atoms with Crippen LogP contribution in [-0.2, 0) is 9.59 Å². The fourth-order valence-electron chi connectivity index (χ4n) is 4.25. The third-order valence-corrected chi connectivity index (χ3v) is 6.22. The van der Waals surface area contributed by atoms with Gasteiger partial charge in [0.1, 0.15) is 29.6 Å². The molecule has 0 saturated heterocycles. The molecule has 9 nitrogen and oxygen atoms in total. The highest BCUT2D eigenvalue weighted by atomic mass is 16.5. The van der Waals surface area contributed by atoms with E-state index in [1.54, 1.807) is 11.1 Å². The van der Waals surface area contributed by atoms with Crippen molar-refractivity contribution >= 4 is 35.4 Å². The smallest absolute Gasteiger partial charge is 0.238 e. The predicted molar refractivity (Wildman–Crippen MR) is 132 cm³/mol. The van der Waals surface area contributed by atoms with Crippen molar-refractivity contribution in [1.29, 1.82) is 0 Å². The van der Waals surface area contributed by atoms with Crippen LogP contribution in [0.1, 0.15) is 50.0 Å². The molecule has 9 heteroatoms. The average molecular weight is 465 g/mol. The molecular weight excluding hydrogens is 432 g/mol. The third kappa shape index (κ3) is 5.70. The third-order valence-electron chi connectivity index (χ3n) is 6.22. The predicted octanol–water partition coefficient (Wildman–Crippen LogP) is 3.54. The molecule has 3 heterocycles. The van der Waals surface area contributed by atoms with Crippen LogP contribution in [0.4, 0.5) is 17.3 Å². The minimum Gasteiger partial charge on any atom is -0.494 e. The normalized spacial score (nSPS) is 20.2. The number of hydrogen-bond acceptors (Lipinski definition) is 7. The Kier molecular flexibility index (Phi) is 7.72. The van der Waals surface area contributed by atoms with Gasteiger partial charge in [0, 0.05) is 45.9 Å². The zero-order valence-electron chi connectivity index (χ0n) is 19.9. The minimum atomic E-state index is -0.586. The van der Waals surface area contributed by atoms with Gasteiger partial charge in [-0.25, -0.2) is 9.97 Å². The molecule has 4 rings (SSSR count). The lowest BCUT2D eigenvalue weighted by atomic mass is 10.0. The highest BCUT2D eigenvalue weighted by molar-refractivity contribution is 6.13. The van der Waals surface area contributed by atoms with E-state index >= 15 is 0 Å². The number of nitrogens with one attached hydrogen (secondary N) is 1. The highest BCUT2D eigenvalue weighted by Gasteiger charge is 2.34. The second-order valence-electron chi connectivity index (χ2n) is 8.81. The van der Waals surface area contributed by atoms with E-state index in [-0.39, 0.29) is 11.8 Å². The van der Waals surface area contributed by atoms with Crippen LogP contribution in [0.15, 0.2) is 35.6 Å². The average Bonchev–Trinajstić information content (AvgIpc) is 3.16. The maximum absolute atomic E-state index is 12.7. The van der Waals surface area contributed by atoms with Gasteiger partial charge in [0.05, 0.1) is 17.9 Å². The molecule has 1 aromatic carbocycles. The topological polar surface area (TPSA) is 100 Å². The molecule has 1 atom stereocenters. The molecule has 0 aliphatic carbocycles. The van der Waals surface area contributed by atoms with Crippen LogP contribution in [0.2, 0.25) is 0 Å². The molecule has 0 saturated carbocycles. The quantitative estimate of drug-likeness (QED) is 0.640. The summed E-state index contributed by atoms with van der Waals surface area (Å²) in [7, 11) is 3.80. The van der Waals surface area contributed by atoms with E-state index in [0.717, 1.165) is 49.1 Å². The zero-order chi connectivity index (χ0) is 23.9. The summed E-state index contributed by atoms with van der Waals surface area (Å²) in [6, 6.07) is 7.55. The lowest BCUT2D eigenvalue weighted by Crippen LogP contribution is -2.30. The van der Waals surface area contributed by atoms with Crippen molar-refractivity contribution in [2.24, 2.45) is 4.99 Å². The number of fused-ring (bicyclic) bond motifs is 2. The van der Waals surface area contributed by atoms with Gasteiger partial charge in [0.25, 0.3) is 0 Å². The Morgan fingerprint density at radius 1 is 1.00 bits per heavy atom. The Morgan fingerprint density at radius 3 is 2.71 bits per heavy atom. The first kappa shape index (κ1) is 23.7. The molecule has 1 unspecified atom stereocenters. The van der Waals surface area contributed by atoms with Gasteiger partial charge in [0.2, 0.25) is 11.8 Å². The van der Waals surface area contributed by atoms with E-state index in [1.807, 2.05) is 43.3 Å². The van der Waals surface area contributed by atoms with Crippen LogP contribution < -0.4 is 15.0 Å². The van der Waals surface area contributed by atoms with Crippen LogP contribution >= 0.6 is 0 Å². The molecular formula is C25H32N6O3. The van der Waals surface area contributed by atoms with Crippen LogP contribution in [0.3, 0.4) is 0 Å². The lowest BCUT2D eigenvalue weighted by molar-refractivity contribution is -0.130. The molecule has 0 fully saturated rings. The largest absolute Gasteiger partial charge is 0.494 e. The Hall–Kier alpha value is -3.49. The summed E-state index contributed by atoms with van der Waals surface area (Å²) >= 11 is 0. The fraction of sp³-hybridized carbons (Fsp3) is 0.480. The Labute approximate surface area is 200 Å². The van der Waals surface area contributed by atoms with Gasteiger partial charge in [-0.3, -0.25) is 14.6 Å². The first-order valence-corrected chi connectivity index (χ1v) is 11.9. The molecule has 2 amide bonds. The number of benzene rings is 1. The Bertz CT molecular complexity index is 1060. The van der Waals surface area contributed by atoms with Crippen molar-refractivity contribution < 1.29 is 14.3 Å². The van der Waals surface area contributed by atoms with Gasteiger partial charge in [0.15, 0.2) is 0 Å². The van der Waals surface area contributed by atoms with Gasteiger partial charge in [-0.1, -0.05) is 18.9 Å². The second kappa shape index (κ2) is 11.1. The summed E-state index contributed by atoms with van der Waals surface area (Å²) in [5, 5.41) is 2.84. The number of ether oxygens (including phenoxy) is 1. The molecule has 1 N–H and O–H groups in total. The number of rotatable bonds is 0. The maximum atomic E-state index is 12.7. The van der Waals surface area contributed by atoms with Crippen molar-refractivity contribution in [2.45, 2.75) is 44.4 Å². The second-order valence-corrected chi connectivity index (χ2v) is 8.81. The van der Waals surface area contributed by atoms with E-state index < -0.39 is 5.92 Å². The standard InChI is InChI=1S/C25H32N6O3/c1-30-12-8-13-31(2)24-22-20(25(33)29-23(22)27-17-28-24)16-26-18-9-7-10-19(15-18)34-14-6-4-3-5-11-21(30)32/h7,9-10,15-17,20H,3-6,8,11-14H2,1-2H3,(H,27,28,29,33). The maximum Gasteiger partial charge on any atom is 0.238 e. The highest BCUT2D eigenvalue weighted by Crippen LogP contribution is 2.36. The van der Waals surface area contributed by atoms with E-state index in [2.05, 4.69) is 20.3 Å². The Morgan fingerprint density at radius 2 is 1.82 bits per heavy atom. The molecule has 0 radical (unpaired) electrons. The SMILES string of the molecule is CN1CCCN(C)c2ncnc3c2C(C=Nc2cccc(c2)OCCCCCCC1=O)C(=O)N3. The summed E-state index contributed by atoms with van der Waals surface area (Å²) in [4.78, 5) is 42.3. The van der Waals surface area contributed by atoms with Gasteiger partial charge in [-0.05, 0) is 31.4 Å². The zero-order valence-corrected chi connectivity index (χ0v) is 19.9. The summed E-state index contributed by atoms with van der Waals surface area (Å²) in [5.74, 6) is 1.37. The number of anilines is 2. The number of carbonyl (C=O) groups excluding carboxylic acids is 2. The molecule has 2 aliphatic rings. The van der Waals surface area contributed by atoms with E-state index in [4.69, 9.17) is 4.74 Å². The number of nitrogens with zero attached hydrogens (tertiary/aromatic N) is 5. The van der Waals surface area contributed by atoms with Crippen molar-refractivity contribution in [3.8, 4) is 5.75 Å². The van der Waals surface area contributed by atoms with E-state index in [0.29, 0.717) is 37.8 Å². The molecule has 0 spiro atoms. The summed E-state index contributed by atoms with van der Waals surface area (Å²) in [6.07, 6.45) is 8.34. The van der Waals surface area contributed by atoms with E-state index in [9.17, 15) is 9.59 Å². The lowest BCUT2D eigenvalue weighted by Gasteiger charge is -2.23. The Balaban J connectivity index is 1.58. The fourth-order valence-corrected chi connectivity index (χ4v) is 4.25. The summed E-state index contributed by atoms with van der Waals surface area (Å²) in [6.45, 7) is 1.98. The summed E-state index contributed by atoms with van der Waals surface area (Å²) in [5.41, 5.74) is 1.44. The van der Waals surface area contributed by atoms with Gasteiger partial charge >= 0.3 is 0 Å². The van der Waals surface area contributed by atoms with Gasteiger partial charge < -0.3 is 19.9 Å². The van der Waals surface area contributed by atoms with Crippen molar-refractivity contribution in [3.63, 3.8) is 0 Å². The monoisotopic (exact) mass is 464 g/mol. The van der Waals surface area contributed by atoms with Crippen molar-refractivity contribution in [2.75, 3.05) is 44.0 Å². The number of aliphatic imine (C=N–C) groups is 1. The molecule has 2 aliphatic heterocycles. The molecule has 2 bridgehead atoms. The van der Waals surface area contributed by atoms with E-state index in [1.165, 1.54) is 6.33 Å². The van der Waals surface area contributed by atoms with Crippen LogP contribution in [-0.4, -0.2) is 66.7 Å². The number of hydrogen-bond donors (Lipinski definition) is 1. The molecule has 180 valence electrons. The van der Waals surface area contributed by atoms with Crippen molar-refractivity contribution in [1.82, 2.24) is 14.9 Å². The number of aromatic nitrogens is 2. The number of amides is 2. The molecule has 2 aromatic rings. The number of carbonyl (C=O) groups is 2. The van der Waals surface area contributed by atoms with Gasteiger partial charge in [-0.2, -0.15) is 0 Å². The molecule has 1 aromatic heterocycles.